The van der Waals surface area contributed by atoms with Crippen LogP contribution in [0.15, 0.2) is 52.1 Å². The third kappa shape index (κ3) is 1.79. The summed E-state index contributed by atoms with van der Waals surface area (Å²) in [7, 11) is 0. The van der Waals surface area contributed by atoms with E-state index in [1.165, 1.54) is 6.07 Å². The van der Waals surface area contributed by atoms with Crippen molar-refractivity contribution in [2.45, 2.75) is 0 Å². The van der Waals surface area contributed by atoms with Gasteiger partial charge in [-0.2, -0.15) is 0 Å². The standard InChI is InChI=1S/C13H9N3O3/c17-12-9-6-7-10(8-4-2-1-3-5-8)14-11(9)15-13(18)16(12)19/h1-7,19H,(H,14,15,18). The van der Waals surface area contributed by atoms with E-state index in [0.717, 1.165) is 5.56 Å². The SMILES string of the molecule is O=c1[nH]c2nc(-c3ccccc3)ccc2c(=O)n1O. The summed E-state index contributed by atoms with van der Waals surface area (Å²) in [4.78, 5) is 29.6. The molecule has 0 bridgehead atoms. The Balaban J connectivity index is 2.31. The van der Waals surface area contributed by atoms with E-state index in [2.05, 4.69) is 9.97 Å². The van der Waals surface area contributed by atoms with Crippen LogP contribution in [0.3, 0.4) is 0 Å². The predicted molar refractivity (Wildman–Crippen MR) is 69.2 cm³/mol. The van der Waals surface area contributed by atoms with Gasteiger partial charge in [0.1, 0.15) is 5.65 Å². The summed E-state index contributed by atoms with van der Waals surface area (Å²) in [6.45, 7) is 0. The van der Waals surface area contributed by atoms with Crippen LogP contribution in [0, 0.1) is 0 Å². The minimum Gasteiger partial charge on any atom is -0.421 e. The minimum atomic E-state index is -0.907. The van der Waals surface area contributed by atoms with Crippen molar-refractivity contribution in [2.75, 3.05) is 0 Å². The molecule has 94 valence electrons. The van der Waals surface area contributed by atoms with Crippen LogP contribution in [-0.4, -0.2) is 19.9 Å². The number of rotatable bonds is 1. The van der Waals surface area contributed by atoms with Gasteiger partial charge in [-0.3, -0.25) is 9.78 Å². The van der Waals surface area contributed by atoms with Crippen molar-refractivity contribution < 1.29 is 5.21 Å². The lowest BCUT2D eigenvalue weighted by atomic mass is 10.1. The van der Waals surface area contributed by atoms with Crippen LogP contribution in [0.4, 0.5) is 0 Å². The fourth-order valence-electron chi connectivity index (χ4n) is 1.86. The molecule has 0 atom stereocenters. The first kappa shape index (κ1) is 11.2. The van der Waals surface area contributed by atoms with Crippen molar-refractivity contribution in [1.82, 2.24) is 14.7 Å². The fourth-order valence-corrected chi connectivity index (χ4v) is 1.86. The quantitative estimate of drug-likeness (QED) is 0.635. The molecule has 0 saturated heterocycles. The van der Waals surface area contributed by atoms with Crippen molar-refractivity contribution in [3.05, 3.63) is 63.3 Å². The average Bonchev–Trinajstić information content (AvgIpc) is 2.45. The first-order valence-corrected chi connectivity index (χ1v) is 5.57. The van der Waals surface area contributed by atoms with Crippen molar-refractivity contribution in [2.24, 2.45) is 0 Å². The number of H-pyrrole nitrogens is 1. The highest BCUT2D eigenvalue weighted by atomic mass is 16.5. The molecule has 1 aromatic carbocycles. The van der Waals surface area contributed by atoms with Gasteiger partial charge in [0.2, 0.25) is 0 Å². The van der Waals surface area contributed by atoms with Gasteiger partial charge < -0.3 is 5.21 Å². The molecule has 0 spiro atoms. The molecule has 3 aromatic rings. The molecule has 2 heterocycles. The third-order valence-corrected chi connectivity index (χ3v) is 2.81. The lowest BCUT2D eigenvalue weighted by Gasteiger charge is -2.03. The zero-order chi connectivity index (χ0) is 13.4. The lowest BCUT2D eigenvalue weighted by Crippen LogP contribution is -2.33. The largest absolute Gasteiger partial charge is 0.421 e. The lowest BCUT2D eigenvalue weighted by molar-refractivity contribution is 0.162. The van der Waals surface area contributed by atoms with E-state index in [0.29, 0.717) is 5.69 Å². The normalized spacial score (nSPS) is 10.7. The third-order valence-electron chi connectivity index (χ3n) is 2.81. The molecule has 6 heteroatoms. The Morgan fingerprint density at radius 1 is 1.05 bits per heavy atom. The summed E-state index contributed by atoms with van der Waals surface area (Å²) in [5.41, 5.74) is -0.0278. The van der Waals surface area contributed by atoms with E-state index in [1.807, 2.05) is 30.3 Å². The topological polar surface area (TPSA) is 88.0 Å². The molecule has 0 aliphatic carbocycles. The highest BCUT2D eigenvalue weighted by molar-refractivity contribution is 5.77. The van der Waals surface area contributed by atoms with Gasteiger partial charge >= 0.3 is 5.69 Å². The Kier molecular flexibility index (Phi) is 2.42. The Bertz CT molecular complexity index is 866. The molecule has 0 unspecified atom stereocenters. The first-order valence-electron chi connectivity index (χ1n) is 5.57. The van der Waals surface area contributed by atoms with E-state index in [4.69, 9.17) is 0 Å². The fraction of sp³-hybridized carbons (Fsp3) is 0. The van der Waals surface area contributed by atoms with Crippen LogP contribution in [-0.2, 0) is 0 Å². The molecule has 6 nitrogen and oxygen atoms in total. The van der Waals surface area contributed by atoms with Gasteiger partial charge in [0.05, 0.1) is 11.1 Å². The molecule has 0 aliphatic rings. The summed E-state index contributed by atoms with van der Waals surface area (Å²) >= 11 is 0. The maximum absolute atomic E-state index is 11.6. The van der Waals surface area contributed by atoms with Crippen molar-refractivity contribution in [1.29, 1.82) is 0 Å². The van der Waals surface area contributed by atoms with E-state index in [1.54, 1.807) is 6.07 Å². The van der Waals surface area contributed by atoms with Crippen LogP contribution in [0.2, 0.25) is 0 Å². The summed E-state index contributed by atoms with van der Waals surface area (Å²) in [5, 5.41) is 9.38. The smallest absolute Gasteiger partial charge is 0.363 e. The Labute approximate surface area is 106 Å². The number of aromatic nitrogens is 3. The highest BCUT2D eigenvalue weighted by Crippen LogP contribution is 2.17. The molecule has 2 N–H and O–H groups in total. The highest BCUT2D eigenvalue weighted by Gasteiger charge is 2.08. The molecular weight excluding hydrogens is 246 g/mol. The van der Waals surface area contributed by atoms with Gasteiger partial charge in [-0.05, 0) is 12.1 Å². The molecular formula is C13H9N3O3. The van der Waals surface area contributed by atoms with Crippen LogP contribution in [0.5, 0.6) is 0 Å². The van der Waals surface area contributed by atoms with Crippen molar-refractivity contribution in [3.63, 3.8) is 0 Å². The van der Waals surface area contributed by atoms with E-state index in [9.17, 15) is 14.8 Å². The summed E-state index contributed by atoms with van der Waals surface area (Å²) < 4.78 is 0.0339. The molecule has 2 aromatic heterocycles. The van der Waals surface area contributed by atoms with Gasteiger partial charge in [-0.1, -0.05) is 35.1 Å². The monoisotopic (exact) mass is 255 g/mol. The number of benzene rings is 1. The number of nitrogens with one attached hydrogen (secondary N) is 1. The average molecular weight is 255 g/mol. The second-order valence-corrected chi connectivity index (χ2v) is 4.01. The second kappa shape index (κ2) is 4.09. The molecule has 0 aliphatic heterocycles. The Hall–Kier alpha value is -2.89. The number of nitrogens with zero attached hydrogens (tertiary/aromatic N) is 2. The number of fused-ring (bicyclic) bond motifs is 1. The summed E-state index contributed by atoms with van der Waals surface area (Å²) in [5.74, 6) is 0. The first-order chi connectivity index (χ1) is 9.16. The zero-order valence-electron chi connectivity index (χ0n) is 9.70. The van der Waals surface area contributed by atoms with Crippen LogP contribution in [0.1, 0.15) is 0 Å². The maximum Gasteiger partial charge on any atom is 0.363 e. The summed E-state index contributed by atoms with van der Waals surface area (Å²) in [6.07, 6.45) is 0. The zero-order valence-corrected chi connectivity index (χ0v) is 9.70. The number of aromatic amines is 1. The number of hydrogen-bond donors (Lipinski definition) is 2. The maximum atomic E-state index is 11.6. The molecule has 19 heavy (non-hydrogen) atoms. The Morgan fingerprint density at radius 3 is 2.53 bits per heavy atom. The van der Waals surface area contributed by atoms with Crippen LogP contribution >= 0.6 is 0 Å². The van der Waals surface area contributed by atoms with Crippen molar-refractivity contribution >= 4 is 11.0 Å². The van der Waals surface area contributed by atoms with Gasteiger partial charge in [0, 0.05) is 5.56 Å². The van der Waals surface area contributed by atoms with Gasteiger partial charge in [-0.15, -0.1) is 0 Å². The van der Waals surface area contributed by atoms with Crippen LogP contribution in [0.25, 0.3) is 22.3 Å². The number of hydrogen-bond acceptors (Lipinski definition) is 4. The van der Waals surface area contributed by atoms with Gasteiger partial charge in [0.25, 0.3) is 5.56 Å². The molecule has 3 rings (SSSR count). The molecule has 0 amide bonds. The summed E-state index contributed by atoms with van der Waals surface area (Å²) in [6, 6.07) is 12.6. The Morgan fingerprint density at radius 2 is 1.79 bits per heavy atom. The molecule has 0 fully saturated rings. The predicted octanol–water partition coefficient (Wildman–Crippen LogP) is 0.989. The van der Waals surface area contributed by atoms with Crippen molar-refractivity contribution in [3.8, 4) is 11.3 Å². The van der Waals surface area contributed by atoms with E-state index < -0.39 is 11.2 Å². The molecule has 0 radical (unpaired) electrons. The van der Waals surface area contributed by atoms with Gasteiger partial charge in [0.15, 0.2) is 0 Å². The molecule has 0 saturated carbocycles. The van der Waals surface area contributed by atoms with E-state index in [-0.39, 0.29) is 15.8 Å². The number of pyridine rings is 1. The van der Waals surface area contributed by atoms with E-state index >= 15 is 0 Å². The van der Waals surface area contributed by atoms with Crippen LogP contribution < -0.4 is 11.2 Å². The minimum absolute atomic E-state index is 0.0339. The second-order valence-electron chi connectivity index (χ2n) is 4.01. The van der Waals surface area contributed by atoms with Gasteiger partial charge in [-0.25, -0.2) is 9.78 Å².